The summed E-state index contributed by atoms with van der Waals surface area (Å²) in [5, 5.41) is 10.8. The van der Waals surface area contributed by atoms with Crippen LogP contribution in [0.4, 0.5) is 0 Å². The number of hydrogen-bond acceptors (Lipinski definition) is 6. The maximum absolute atomic E-state index is 12.0. The van der Waals surface area contributed by atoms with Crippen molar-refractivity contribution in [2.45, 2.75) is 65.3 Å². The van der Waals surface area contributed by atoms with E-state index in [1.165, 1.54) is 0 Å². The van der Waals surface area contributed by atoms with Crippen molar-refractivity contribution in [3.8, 4) is 0 Å². The van der Waals surface area contributed by atoms with E-state index in [4.69, 9.17) is 4.74 Å². The standard InChI is InChI=1S/C27H42N4O6/c1-20(21(2)32)7-4-5-14-29-25(34)8-6-16-37-19-27(36)31-18-23-11-9-22(10-12-23)17-26(35)30-15-13-24(33)28-3/h9-12,20H,4-8,13-19H2,1-3H3,(H,28,33)(H,29,34)(H,30,35)(H,31,36). The highest BCUT2D eigenvalue weighted by atomic mass is 16.5. The molecule has 37 heavy (non-hydrogen) atoms. The molecule has 206 valence electrons. The van der Waals surface area contributed by atoms with E-state index in [2.05, 4.69) is 21.3 Å². The maximum Gasteiger partial charge on any atom is 0.246 e. The van der Waals surface area contributed by atoms with Gasteiger partial charge in [0.2, 0.25) is 23.6 Å². The Balaban J connectivity index is 2.09. The van der Waals surface area contributed by atoms with Gasteiger partial charge in [0.05, 0.1) is 6.42 Å². The highest BCUT2D eigenvalue weighted by Crippen LogP contribution is 2.08. The first-order chi connectivity index (χ1) is 17.7. The van der Waals surface area contributed by atoms with Gasteiger partial charge in [0.25, 0.3) is 0 Å². The van der Waals surface area contributed by atoms with E-state index in [-0.39, 0.29) is 54.8 Å². The Kier molecular flexibility index (Phi) is 16.2. The van der Waals surface area contributed by atoms with Gasteiger partial charge in [-0.1, -0.05) is 37.6 Å². The summed E-state index contributed by atoms with van der Waals surface area (Å²) >= 11 is 0. The third-order valence-corrected chi connectivity index (χ3v) is 5.84. The van der Waals surface area contributed by atoms with Crippen LogP contribution in [0.15, 0.2) is 24.3 Å². The molecule has 0 saturated carbocycles. The molecule has 1 unspecified atom stereocenters. The summed E-state index contributed by atoms with van der Waals surface area (Å²) in [6.07, 6.45) is 3.91. The molecule has 1 aromatic rings. The Labute approximate surface area is 219 Å². The van der Waals surface area contributed by atoms with Crippen molar-refractivity contribution in [3.05, 3.63) is 35.4 Å². The summed E-state index contributed by atoms with van der Waals surface area (Å²) < 4.78 is 5.35. The first-order valence-electron chi connectivity index (χ1n) is 12.9. The summed E-state index contributed by atoms with van der Waals surface area (Å²) in [6, 6.07) is 7.34. The van der Waals surface area contributed by atoms with Gasteiger partial charge in [-0.05, 0) is 37.3 Å². The highest BCUT2D eigenvalue weighted by molar-refractivity contribution is 5.80. The van der Waals surface area contributed by atoms with Gasteiger partial charge in [0.15, 0.2) is 0 Å². The van der Waals surface area contributed by atoms with Gasteiger partial charge >= 0.3 is 0 Å². The van der Waals surface area contributed by atoms with Gasteiger partial charge in [-0.3, -0.25) is 24.0 Å². The van der Waals surface area contributed by atoms with E-state index in [1.807, 2.05) is 31.2 Å². The smallest absolute Gasteiger partial charge is 0.246 e. The molecule has 1 rings (SSSR count). The molecule has 1 aromatic carbocycles. The Morgan fingerprint density at radius 1 is 0.784 bits per heavy atom. The molecule has 4 N–H and O–H groups in total. The Morgan fingerprint density at radius 3 is 2.14 bits per heavy atom. The third kappa shape index (κ3) is 16.2. The first kappa shape index (κ1) is 31.8. The predicted molar refractivity (Wildman–Crippen MR) is 140 cm³/mol. The maximum atomic E-state index is 12.0. The van der Waals surface area contributed by atoms with E-state index >= 15 is 0 Å². The quantitative estimate of drug-likeness (QED) is 0.204. The van der Waals surface area contributed by atoms with Crippen LogP contribution in [0.25, 0.3) is 0 Å². The van der Waals surface area contributed by atoms with Crippen molar-refractivity contribution in [2.24, 2.45) is 5.92 Å². The third-order valence-electron chi connectivity index (χ3n) is 5.84. The second-order valence-corrected chi connectivity index (χ2v) is 9.06. The number of benzene rings is 1. The normalized spacial score (nSPS) is 11.3. The number of amides is 4. The molecule has 10 nitrogen and oxygen atoms in total. The topological polar surface area (TPSA) is 143 Å². The molecule has 0 heterocycles. The summed E-state index contributed by atoms with van der Waals surface area (Å²) in [6.45, 7) is 4.99. The van der Waals surface area contributed by atoms with Crippen LogP contribution in [0.2, 0.25) is 0 Å². The molecule has 0 aliphatic heterocycles. The van der Waals surface area contributed by atoms with Crippen LogP contribution in [0.3, 0.4) is 0 Å². The van der Waals surface area contributed by atoms with E-state index in [9.17, 15) is 24.0 Å². The van der Waals surface area contributed by atoms with Crippen molar-refractivity contribution in [1.29, 1.82) is 0 Å². The zero-order chi connectivity index (χ0) is 27.5. The molecule has 0 aliphatic carbocycles. The Hall–Kier alpha value is -3.27. The number of Topliss-reactive ketones (excluding diaryl/α,β-unsaturated/α-hetero) is 1. The Bertz CT molecular complexity index is 872. The van der Waals surface area contributed by atoms with Crippen molar-refractivity contribution in [2.75, 3.05) is 33.4 Å². The minimum atomic E-state index is -0.246. The number of unbranched alkanes of at least 4 members (excludes halogenated alkanes) is 1. The fraction of sp³-hybridized carbons (Fsp3) is 0.593. The number of carbonyl (C=O) groups is 5. The van der Waals surface area contributed by atoms with Crippen LogP contribution >= 0.6 is 0 Å². The molecule has 0 radical (unpaired) electrons. The monoisotopic (exact) mass is 518 g/mol. The van der Waals surface area contributed by atoms with Crippen LogP contribution in [-0.2, 0) is 41.7 Å². The number of ether oxygens (including phenoxy) is 1. The summed E-state index contributed by atoms with van der Waals surface area (Å²) in [7, 11) is 1.55. The second-order valence-electron chi connectivity index (χ2n) is 9.06. The van der Waals surface area contributed by atoms with Gasteiger partial charge in [-0.25, -0.2) is 0 Å². The van der Waals surface area contributed by atoms with Crippen molar-refractivity contribution in [1.82, 2.24) is 21.3 Å². The SMILES string of the molecule is CNC(=O)CCNC(=O)Cc1ccc(CNC(=O)COCCCC(=O)NCCCCC(C)C(C)=O)cc1. The van der Waals surface area contributed by atoms with Crippen molar-refractivity contribution >= 4 is 29.4 Å². The molecule has 0 bridgehead atoms. The molecule has 0 saturated heterocycles. The van der Waals surface area contributed by atoms with Crippen LogP contribution in [-0.4, -0.2) is 62.8 Å². The fourth-order valence-electron chi connectivity index (χ4n) is 3.31. The van der Waals surface area contributed by atoms with Gasteiger partial charge in [0.1, 0.15) is 12.4 Å². The first-order valence-corrected chi connectivity index (χ1v) is 12.9. The molecular weight excluding hydrogens is 476 g/mol. The van der Waals surface area contributed by atoms with Crippen molar-refractivity contribution in [3.63, 3.8) is 0 Å². The van der Waals surface area contributed by atoms with Gasteiger partial charge in [-0.2, -0.15) is 0 Å². The molecule has 1 atom stereocenters. The minimum absolute atomic E-state index is 0.0440. The largest absolute Gasteiger partial charge is 0.372 e. The molecule has 4 amide bonds. The molecule has 10 heteroatoms. The lowest BCUT2D eigenvalue weighted by molar-refractivity contribution is -0.126. The number of hydrogen-bond donors (Lipinski definition) is 4. The molecule has 0 aromatic heterocycles. The van der Waals surface area contributed by atoms with Crippen molar-refractivity contribution < 1.29 is 28.7 Å². The van der Waals surface area contributed by atoms with E-state index in [0.717, 1.165) is 30.4 Å². The van der Waals surface area contributed by atoms with Gasteiger partial charge in [0, 0.05) is 52.0 Å². The van der Waals surface area contributed by atoms with E-state index in [1.54, 1.807) is 14.0 Å². The van der Waals surface area contributed by atoms with Crippen LogP contribution in [0, 0.1) is 5.92 Å². The summed E-state index contributed by atoms with van der Waals surface area (Å²) in [5.74, 6) is -0.303. The molecule has 0 spiro atoms. The number of ketones is 1. The van der Waals surface area contributed by atoms with Gasteiger partial charge in [-0.15, -0.1) is 0 Å². The molecule has 0 aliphatic rings. The average molecular weight is 519 g/mol. The molecular formula is C27H42N4O6. The van der Waals surface area contributed by atoms with E-state index < -0.39 is 0 Å². The van der Waals surface area contributed by atoms with E-state index in [0.29, 0.717) is 39.1 Å². The minimum Gasteiger partial charge on any atom is -0.372 e. The fourth-order valence-corrected chi connectivity index (χ4v) is 3.31. The Morgan fingerprint density at radius 2 is 1.46 bits per heavy atom. The van der Waals surface area contributed by atoms with Gasteiger partial charge < -0.3 is 26.0 Å². The predicted octanol–water partition coefficient (Wildman–Crippen LogP) is 1.41. The lowest BCUT2D eigenvalue weighted by Crippen LogP contribution is -2.30. The molecule has 0 fully saturated rings. The number of rotatable bonds is 19. The number of nitrogens with one attached hydrogen (secondary N) is 4. The average Bonchev–Trinajstić information content (AvgIpc) is 2.87. The number of carbonyl (C=O) groups excluding carboxylic acids is 5. The second kappa shape index (κ2) is 18.9. The zero-order valence-electron chi connectivity index (χ0n) is 22.3. The highest BCUT2D eigenvalue weighted by Gasteiger charge is 2.08. The van der Waals surface area contributed by atoms with Crippen LogP contribution in [0.1, 0.15) is 63.5 Å². The lowest BCUT2D eigenvalue weighted by Gasteiger charge is -2.09. The zero-order valence-corrected chi connectivity index (χ0v) is 22.3. The van der Waals surface area contributed by atoms with Crippen LogP contribution in [0.5, 0.6) is 0 Å². The summed E-state index contributed by atoms with van der Waals surface area (Å²) in [4.78, 5) is 58.1. The van der Waals surface area contributed by atoms with Crippen LogP contribution < -0.4 is 21.3 Å². The summed E-state index contributed by atoms with van der Waals surface area (Å²) in [5.41, 5.74) is 1.73. The lowest BCUT2D eigenvalue weighted by atomic mass is 10.0.